The van der Waals surface area contributed by atoms with E-state index >= 15 is 0 Å². The maximum Gasteiger partial charge on any atom is 0.407 e. The van der Waals surface area contributed by atoms with Gasteiger partial charge < -0.3 is 20.5 Å². The Hall–Kier alpha value is -3.61. The van der Waals surface area contributed by atoms with Gasteiger partial charge in [0, 0.05) is 5.92 Å². The Morgan fingerprint density at radius 2 is 1.59 bits per heavy atom. The van der Waals surface area contributed by atoms with E-state index in [-0.39, 0.29) is 18.9 Å². The molecule has 3 N–H and O–H groups in total. The summed E-state index contributed by atoms with van der Waals surface area (Å²) in [7, 11) is 0. The molecule has 7 nitrogen and oxygen atoms in total. The number of carboxylic acids is 1. The largest absolute Gasteiger partial charge is 0.480 e. The highest BCUT2D eigenvalue weighted by atomic mass is 16.5. The Labute approximate surface area is 200 Å². The number of nitrogens with one attached hydrogen (secondary N) is 2. The first kappa shape index (κ1) is 25.0. The van der Waals surface area contributed by atoms with Crippen LogP contribution < -0.4 is 10.6 Å². The maximum absolute atomic E-state index is 12.9. The van der Waals surface area contributed by atoms with E-state index < -0.39 is 35.5 Å². The van der Waals surface area contributed by atoms with Gasteiger partial charge in [0.1, 0.15) is 18.7 Å². The van der Waals surface area contributed by atoms with E-state index in [1.54, 1.807) is 26.8 Å². The van der Waals surface area contributed by atoms with Gasteiger partial charge in [-0.3, -0.25) is 4.79 Å². The molecule has 7 heteroatoms. The van der Waals surface area contributed by atoms with Crippen molar-refractivity contribution in [2.45, 2.75) is 51.6 Å². The van der Waals surface area contributed by atoms with Gasteiger partial charge in [-0.1, -0.05) is 75.4 Å². The predicted molar refractivity (Wildman–Crippen MR) is 130 cm³/mol. The molecule has 0 fully saturated rings. The molecule has 1 aliphatic rings. The van der Waals surface area contributed by atoms with Crippen molar-refractivity contribution in [2.24, 2.45) is 5.41 Å². The second-order valence-electron chi connectivity index (χ2n) is 9.53. The van der Waals surface area contributed by atoms with Crippen LogP contribution in [-0.2, 0) is 14.3 Å². The van der Waals surface area contributed by atoms with E-state index in [2.05, 4.69) is 29.3 Å². The number of hydrogen-bond donors (Lipinski definition) is 3. The summed E-state index contributed by atoms with van der Waals surface area (Å²) in [5, 5.41) is 14.7. The quantitative estimate of drug-likeness (QED) is 0.475. The normalized spacial score (nSPS) is 14.3. The number of alkyl carbamates (subject to hydrolysis) is 1. The number of amides is 2. The lowest BCUT2D eigenvalue weighted by Gasteiger charge is -2.29. The number of fused-ring (bicyclic) bond motifs is 3. The lowest BCUT2D eigenvalue weighted by Crippen LogP contribution is -2.55. The number of ether oxygens (including phenoxy) is 1. The minimum atomic E-state index is -1.13. The third-order valence-corrected chi connectivity index (χ3v) is 6.01. The fourth-order valence-electron chi connectivity index (χ4n) is 4.23. The average Bonchev–Trinajstić information content (AvgIpc) is 3.11. The van der Waals surface area contributed by atoms with Gasteiger partial charge in [0.05, 0.1) is 0 Å². The zero-order chi connectivity index (χ0) is 24.9. The molecular weight excluding hydrogens is 432 g/mol. The maximum atomic E-state index is 12.9. The monoisotopic (exact) mass is 464 g/mol. The smallest absolute Gasteiger partial charge is 0.407 e. The summed E-state index contributed by atoms with van der Waals surface area (Å²) in [5.74, 6) is -1.81. The second kappa shape index (κ2) is 10.5. The predicted octanol–water partition coefficient (Wildman–Crippen LogP) is 4.48. The summed E-state index contributed by atoms with van der Waals surface area (Å²) in [6.07, 6.45) is 1.65. The van der Waals surface area contributed by atoms with E-state index in [1.165, 1.54) is 0 Å². The van der Waals surface area contributed by atoms with Crippen LogP contribution in [0.3, 0.4) is 0 Å². The standard InChI is InChI=1S/C27H32N2O5/c1-5-6-15-22(24(30)29-23(25(31)32)27(2,3)4)28-26(33)34-16-21-19-13-9-7-11-17(19)18-12-8-10-14-20(18)21/h5,7-14,21-23H,1,6,15-16H2,2-4H3,(H,28,33)(H,29,30)(H,31,32)/t22?,23-/m1/s1. The first-order valence-corrected chi connectivity index (χ1v) is 11.4. The Kier molecular flexibility index (Phi) is 7.76. The topological polar surface area (TPSA) is 105 Å². The number of carbonyl (C=O) groups excluding carboxylic acids is 2. The van der Waals surface area contributed by atoms with E-state index in [1.807, 2.05) is 36.4 Å². The number of carboxylic acid groups (broad SMARTS) is 1. The zero-order valence-electron chi connectivity index (χ0n) is 19.8. The highest BCUT2D eigenvalue weighted by Crippen LogP contribution is 2.44. The van der Waals surface area contributed by atoms with Crippen molar-refractivity contribution in [2.75, 3.05) is 6.61 Å². The van der Waals surface area contributed by atoms with Crippen LogP contribution in [0.15, 0.2) is 61.2 Å². The molecule has 0 spiro atoms. The first-order chi connectivity index (χ1) is 16.1. The fraction of sp³-hybridized carbons (Fsp3) is 0.370. The van der Waals surface area contributed by atoms with Gasteiger partial charge in [0.25, 0.3) is 0 Å². The molecule has 0 radical (unpaired) electrons. The molecule has 1 unspecified atom stereocenters. The van der Waals surface area contributed by atoms with E-state index in [0.29, 0.717) is 6.42 Å². The van der Waals surface area contributed by atoms with Crippen LogP contribution in [-0.4, -0.2) is 41.8 Å². The van der Waals surface area contributed by atoms with E-state index in [4.69, 9.17) is 4.74 Å². The van der Waals surface area contributed by atoms with Crippen LogP contribution in [0.4, 0.5) is 4.79 Å². The SMILES string of the molecule is C=CCCC(NC(=O)OCC1c2ccccc2-c2ccccc21)C(=O)N[C@H](C(=O)O)C(C)(C)C. The molecular formula is C27H32N2O5. The van der Waals surface area contributed by atoms with E-state index in [9.17, 15) is 19.5 Å². The third kappa shape index (κ3) is 5.65. The molecule has 1 aliphatic carbocycles. The Morgan fingerprint density at radius 1 is 1.03 bits per heavy atom. The van der Waals surface area contributed by atoms with Crippen LogP contribution >= 0.6 is 0 Å². The summed E-state index contributed by atoms with van der Waals surface area (Å²) in [6, 6.07) is 14.0. The highest BCUT2D eigenvalue weighted by Gasteiger charge is 2.35. The molecule has 0 bridgehead atoms. The van der Waals surface area contributed by atoms with Crippen molar-refractivity contribution < 1.29 is 24.2 Å². The summed E-state index contributed by atoms with van der Waals surface area (Å²) in [4.78, 5) is 37.2. The van der Waals surface area contributed by atoms with Gasteiger partial charge in [-0.15, -0.1) is 6.58 Å². The molecule has 0 saturated carbocycles. The fourth-order valence-corrected chi connectivity index (χ4v) is 4.23. The number of rotatable bonds is 9. The third-order valence-electron chi connectivity index (χ3n) is 6.01. The van der Waals surface area contributed by atoms with Gasteiger partial charge in [-0.25, -0.2) is 9.59 Å². The van der Waals surface area contributed by atoms with Gasteiger partial charge in [0.2, 0.25) is 5.91 Å². The van der Waals surface area contributed by atoms with Gasteiger partial charge >= 0.3 is 12.1 Å². The number of carbonyl (C=O) groups is 3. The number of hydrogen-bond acceptors (Lipinski definition) is 4. The molecule has 0 saturated heterocycles. The minimum absolute atomic E-state index is 0.101. The van der Waals surface area contributed by atoms with Crippen LogP contribution in [0.1, 0.15) is 50.7 Å². The Bertz CT molecular complexity index is 1030. The van der Waals surface area contributed by atoms with Crippen molar-refractivity contribution in [3.63, 3.8) is 0 Å². The van der Waals surface area contributed by atoms with Gasteiger partial charge in [0.15, 0.2) is 0 Å². The Balaban J connectivity index is 1.68. The van der Waals surface area contributed by atoms with Crippen molar-refractivity contribution in [1.29, 1.82) is 0 Å². The van der Waals surface area contributed by atoms with Crippen LogP contribution in [0, 0.1) is 5.41 Å². The molecule has 0 heterocycles. The molecule has 2 aromatic rings. The minimum Gasteiger partial charge on any atom is -0.480 e. The Morgan fingerprint density at radius 3 is 2.09 bits per heavy atom. The molecule has 0 aromatic heterocycles. The van der Waals surface area contributed by atoms with Crippen molar-refractivity contribution in [3.8, 4) is 11.1 Å². The zero-order valence-corrected chi connectivity index (χ0v) is 19.8. The molecule has 2 aromatic carbocycles. The van der Waals surface area contributed by atoms with Crippen molar-refractivity contribution in [1.82, 2.24) is 10.6 Å². The summed E-state index contributed by atoms with van der Waals surface area (Å²) in [5.41, 5.74) is 3.72. The average molecular weight is 465 g/mol. The van der Waals surface area contributed by atoms with Crippen LogP contribution in [0.25, 0.3) is 11.1 Å². The van der Waals surface area contributed by atoms with Gasteiger partial charge in [-0.05, 0) is 40.5 Å². The molecule has 0 aliphatic heterocycles. The molecule has 2 amide bonds. The first-order valence-electron chi connectivity index (χ1n) is 11.4. The van der Waals surface area contributed by atoms with Crippen LogP contribution in [0.5, 0.6) is 0 Å². The molecule has 34 heavy (non-hydrogen) atoms. The van der Waals surface area contributed by atoms with Gasteiger partial charge in [-0.2, -0.15) is 0 Å². The second-order valence-corrected chi connectivity index (χ2v) is 9.53. The van der Waals surface area contributed by atoms with Crippen LogP contribution in [0.2, 0.25) is 0 Å². The van der Waals surface area contributed by atoms with Crippen molar-refractivity contribution >= 4 is 18.0 Å². The van der Waals surface area contributed by atoms with E-state index in [0.717, 1.165) is 22.3 Å². The molecule has 2 atom stereocenters. The summed E-state index contributed by atoms with van der Waals surface area (Å²) >= 11 is 0. The molecule has 3 rings (SSSR count). The highest BCUT2D eigenvalue weighted by molar-refractivity contribution is 5.89. The number of allylic oxidation sites excluding steroid dienone is 1. The molecule has 180 valence electrons. The summed E-state index contributed by atoms with van der Waals surface area (Å²) < 4.78 is 5.55. The lowest BCUT2D eigenvalue weighted by molar-refractivity contribution is -0.145. The number of benzene rings is 2. The number of aliphatic carboxylic acids is 1. The van der Waals surface area contributed by atoms with Crippen molar-refractivity contribution in [3.05, 3.63) is 72.3 Å². The lowest BCUT2D eigenvalue weighted by atomic mass is 9.86. The summed E-state index contributed by atoms with van der Waals surface area (Å²) in [6.45, 7) is 8.96.